The van der Waals surface area contributed by atoms with Crippen LogP contribution in [-0.4, -0.2) is 17.9 Å². The van der Waals surface area contributed by atoms with Gasteiger partial charge in [0.2, 0.25) is 5.91 Å². The van der Waals surface area contributed by atoms with Crippen LogP contribution in [0.4, 0.5) is 11.4 Å². The topological polar surface area (TPSA) is 84.2 Å². The highest BCUT2D eigenvalue weighted by Crippen LogP contribution is 2.21. The molecule has 2 aromatic carbocycles. The van der Waals surface area contributed by atoms with Crippen molar-refractivity contribution in [1.29, 1.82) is 0 Å². The van der Waals surface area contributed by atoms with Gasteiger partial charge in [0.05, 0.1) is 6.42 Å². The first-order valence-corrected chi connectivity index (χ1v) is 8.07. The lowest BCUT2D eigenvalue weighted by Crippen LogP contribution is -2.25. The van der Waals surface area contributed by atoms with E-state index in [9.17, 15) is 9.59 Å². The molecular weight excluding hydrogens is 302 g/mol. The van der Waals surface area contributed by atoms with Gasteiger partial charge >= 0.3 is 0 Å². The fraction of sp³-hybridized carbons (Fsp3) is 0.263. The van der Waals surface area contributed by atoms with E-state index in [-0.39, 0.29) is 18.2 Å². The van der Waals surface area contributed by atoms with Crippen LogP contribution in [0.15, 0.2) is 42.5 Å². The Labute approximate surface area is 141 Å². The van der Waals surface area contributed by atoms with Gasteiger partial charge in [-0.05, 0) is 55.2 Å². The second-order valence-corrected chi connectivity index (χ2v) is 6.24. The number of nitrogen functional groups attached to an aromatic ring is 1. The first-order chi connectivity index (χ1) is 11.5. The fourth-order valence-electron chi connectivity index (χ4n) is 2.41. The summed E-state index contributed by atoms with van der Waals surface area (Å²) in [6.45, 7) is 1.90. The van der Waals surface area contributed by atoms with Gasteiger partial charge in [-0.2, -0.15) is 0 Å². The third-order valence-corrected chi connectivity index (χ3v) is 4.03. The minimum absolute atomic E-state index is 0.0912. The zero-order valence-corrected chi connectivity index (χ0v) is 13.6. The third-order valence-electron chi connectivity index (χ3n) is 4.03. The van der Waals surface area contributed by atoms with E-state index >= 15 is 0 Å². The number of amides is 2. The Morgan fingerprint density at radius 2 is 1.83 bits per heavy atom. The van der Waals surface area contributed by atoms with Crippen molar-refractivity contribution in [2.45, 2.75) is 32.2 Å². The van der Waals surface area contributed by atoms with E-state index in [1.54, 1.807) is 24.3 Å². The summed E-state index contributed by atoms with van der Waals surface area (Å²) in [7, 11) is 0. The lowest BCUT2D eigenvalue weighted by atomic mass is 10.1. The van der Waals surface area contributed by atoms with Gasteiger partial charge in [-0.1, -0.05) is 18.2 Å². The number of hydrogen-bond acceptors (Lipinski definition) is 3. The van der Waals surface area contributed by atoms with Crippen molar-refractivity contribution in [3.05, 3.63) is 59.2 Å². The van der Waals surface area contributed by atoms with E-state index in [4.69, 9.17) is 5.73 Å². The standard InChI is InChI=1S/C19H21N3O2/c1-12-2-5-14(19(24)21-16-8-9-16)11-17(12)22-18(23)10-13-3-6-15(20)7-4-13/h2-7,11,16H,8-10,20H2,1H3,(H,21,24)(H,22,23). The Morgan fingerprint density at radius 3 is 2.50 bits per heavy atom. The van der Waals surface area contributed by atoms with Gasteiger partial charge in [0.15, 0.2) is 0 Å². The van der Waals surface area contributed by atoms with Gasteiger partial charge in [-0.3, -0.25) is 9.59 Å². The zero-order valence-electron chi connectivity index (χ0n) is 13.6. The average molecular weight is 323 g/mol. The molecule has 0 aromatic heterocycles. The molecule has 0 atom stereocenters. The van der Waals surface area contributed by atoms with E-state index in [2.05, 4.69) is 10.6 Å². The predicted octanol–water partition coefficient (Wildman–Crippen LogP) is 2.65. The molecule has 1 saturated carbocycles. The Balaban J connectivity index is 1.67. The second-order valence-electron chi connectivity index (χ2n) is 6.24. The van der Waals surface area contributed by atoms with Gasteiger partial charge in [-0.25, -0.2) is 0 Å². The molecule has 0 spiro atoms. The highest BCUT2D eigenvalue weighted by atomic mass is 16.2. The summed E-state index contributed by atoms with van der Waals surface area (Å²) in [6.07, 6.45) is 2.35. The molecule has 2 amide bonds. The third kappa shape index (κ3) is 4.13. The minimum Gasteiger partial charge on any atom is -0.399 e. The monoisotopic (exact) mass is 323 g/mol. The number of nitrogens with one attached hydrogen (secondary N) is 2. The second kappa shape index (κ2) is 6.74. The van der Waals surface area contributed by atoms with Gasteiger partial charge in [0.25, 0.3) is 5.91 Å². The normalized spacial score (nSPS) is 13.4. The van der Waals surface area contributed by atoms with E-state index in [1.165, 1.54) is 0 Å². The van der Waals surface area contributed by atoms with Crippen LogP contribution in [0.5, 0.6) is 0 Å². The van der Waals surface area contributed by atoms with Crippen LogP contribution >= 0.6 is 0 Å². The van der Waals surface area contributed by atoms with E-state index in [1.807, 2.05) is 25.1 Å². The van der Waals surface area contributed by atoms with Crippen LogP contribution in [0, 0.1) is 6.92 Å². The number of rotatable bonds is 5. The molecule has 0 saturated heterocycles. The molecule has 1 aliphatic rings. The smallest absolute Gasteiger partial charge is 0.251 e. The molecule has 5 heteroatoms. The van der Waals surface area contributed by atoms with E-state index in [0.717, 1.165) is 24.0 Å². The number of hydrogen-bond donors (Lipinski definition) is 3. The Hall–Kier alpha value is -2.82. The van der Waals surface area contributed by atoms with Crippen molar-refractivity contribution >= 4 is 23.2 Å². The molecule has 0 bridgehead atoms. The lowest BCUT2D eigenvalue weighted by Gasteiger charge is -2.11. The first-order valence-electron chi connectivity index (χ1n) is 8.07. The summed E-state index contributed by atoms with van der Waals surface area (Å²) in [4.78, 5) is 24.4. The summed E-state index contributed by atoms with van der Waals surface area (Å²) >= 11 is 0. The lowest BCUT2D eigenvalue weighted by molar-refractivity contribution is -0.115. The number of benzene rings is 2. The predicted molar refractivity (Wildman–Crippen MR) is 94.9 cm³/mol. The molecule has 0 aliphatic heterocycles. The number of carbonyl (C=O) groups is 2. The Kier molecular flexibility index (Phi) is 4.51. The summed E-state index contributed by atoms with van der Waals surface area (Å²) in [5.41, 5.74) is 9.36. The molecular formula is C19H21N3O2. The number of anilines is 2. The largest absolute Gasteiger partial charge is 0.399 e. The van der Waals surface area contributed by atoms with Crippen LogP contribution in [0.2, 0.25) is 0 Å². The zero-order chi connectivity index (χ0) is 17.1. The van der Waals surface area contributed by atoms with Crippen molar-refractivity contribution in [1.82, 2.24) is 5.32 Å². The fourth-order valence-corrected chi connectivity index (χ4v) is 2.41. The summed E-state index contributed by atoms with van der Waals surface area (Å²) in [6, 6.07) is 12.9. The molecule has 5 nitrogen and oxygen atoms in total. The van der Waals surface area contributed by atoms with Crippen molar-refractivity contribution < 1.29 is 9.59 Å². The van der Waals surface area contributed by atoms with Crippen molar-refractivity contribution in [2.24, 2.45) is 0 Å². The van der Waals surface area contributed by atoms with Gasteiger partial charge in [0.1, 0.15) is 0 Å². The molecule has 124 valence electrons. The highest BCUT2D eigenvalue weighted by Gasteiger charge is 2.24. The molecule has 3 rings (SSSR count). The van der Waals surface area contributed by atoms with Crippen LogP contribution < -0.4 is 16.4 Å². The van der Waals surface area contributed by atoms with Crippen LogP contribution in [0.3, 0.4) is 0 Å². The molecule has 4 N–H and O–H groups in total. The van der Waals surface area contributed by atoms with Crippen LogP contribution in [0.25, 0.3) is 0 Å². The van der Waals surface area contributed by atoms with Crippen LogP contribution in [0.1, 0.15) is 34.3 Å². The molecule has 24 heavy (non-hydrogen) atoms. The molecule has 2 aromatic rings. The number of carbonyl (C=O) groups excluding carboxylic acids is 2. The summed E-state index contributed by atoms with van der Waals surface area (Å²) in [5.74, 6) is -0.214. The molecule has 0 radical (unpaired) electrons. The van der Waals surface area contributed by atoms with Gasteiger partial charge < -0.3 is 16.4 Å². The van der Waals surface area contributed by atoms with Crippen molar-refractivity contribution in [3.63, 3.8) is 0 Å². The minimum atomic E-state index is -0.123. The van der Waals surface area contributed by atoms with E-state index < -0.39 is 0 Å². The van der Waals surface area contributed by atoms with Gasteiger partial charge in [0, 0.05) is 23.0 Å². The number of aryl methyl sites for hydroxylation is 1. The number of nitrogens with two attached hydrogens (primary N) is 1. The van der Waals surface area contributed by atoms with E-state index in [0.29, 0.717) is 23.0 Å². The summed E-state index contributed by atoms with van der Waals surface area (Å²) in [5, 5.41) is 5.84. The summed E-state index contributed by atoms with van der Waals surface area (Å²) < 4.78 is 0. The SMILES string of the molecule is Cc1ccc(C(=O)NC2CC2)cc1NC(=O)Cc1ccc(N)cc1. The maximum absolute atomic E-state index is 12.2. The molecule has 1 fully saturated rings. The van der Waals surface area contributed by atoms with Crippen molar-refractivity contribution in [3.8, 4) is 0 Å². The maximum Gasteiger partial charge on any atom is 0.251 e. The Bertz CT molecular complexity index is 765. The molecule has 1 aliphatic carbocycles. The molecule has 0 heterocycles. The maximum atomic E-state index is 12.2. The Morgan fingerprint density at radius 1 is 1.12 bits per heavy atom. The first kappa shape index (κ1) is 16.1. The van der Waals surface area contributed by atoms with Crippen molar-refractivity contribution in [2.75, 3.05) is 11.1 Å². The molecule has 0 unspecified atom stereocenters. The average Bonchev–Trinajstić information content (AvgIpc) is 3.35. The highest BCUT2D eigenvalue weighted by molar-refractivity contribution is 5.98. The quantitative estimate of drug-likeness (QED) is 0.740. The van der Waals surface area contributed by atoms with Crippen LogP contribution in [-0.2, 0) is 11.2 Å². The van der Waals surface area contributed by atoms with Gasteiger partial charge in [-0.15, -0.1) is 0 Å².